The van der Waals surface area contributed by atoms with Crippen LogP contribution in [0.15, 0.2) is 0 Å². The number of aliphatic hydroxyl groups is 3. The highest BCUT2D eigenvalue weighted by atomic mass is 16.4. The minimum Gasteiger partial charge on any atom is -0.481 e. The lowest BCUT2D eigenvalue weighted by atomic mass is 9.41. The quantitative estimate of drug-likeness (QED) is 0.624. The number of hydrogen-bond donors (Lipinski definition) is 4. The minimum absolute atomic E-state index is 0.00578. The Morgan fingerprint density at radius 3 is 2.44 bits per heavy atom. The van der Waals surface area contributed by atoms with Crippen molar-refractivity contribution >= 4 is 5.97 Å². The van der Waals surface area contributed by atoms with Crippen LogP contribution in [0.1, 0.15) is 64.7 Å². The van der Waals surface area contributed by atoms with Crippen molar-refractivity contribution in [2.75, 3.05) is 13.2 Å². The van der Waals surface area contributed by atoms with Gasteiger partial charge in [0.1, 0.15) is 0 Å². The van der Waals surface area contributed by atoms with Crippen LogP contribution in [0.4, 0.5) is 0 Å². The zero-order valence-electron chi connectivity index (χ0n) is 15.2. The van der Waals surface area contributed by atoms with Crippen molar-refractivity contribution in [3.05, 3.63) is 0 Å². The van der Waals surface area contributed by atoms with Crippen LogP contribution in [0, 0.1) is 34.0 Å². The highest BCUT2D eigenvalue weighted by molar-refractivity contribution is 5.75. The van der Waals surface area contributed by atoms with Crippen LogP contribution in [0.3, 0.4) is 0 Å². The fourth-order valence-electron chi connectivity index (χ4n) is 8.13. The molecule has 0 aromatic heterocycles. The summed E-state index contributed by atoms with van der Waals surface area (Å²) in [7, 11) is 0. The van der Waals surface area contributed by atoms with Crippen LogP contribution >= 0.6 is 0 Å². The van der Waals surface area contributed by atoms with Crippen molar-refractivity contribution in [3.63, 3.8) is 0 Å². The van der Waals surface area contributed by atoms with Crippen LogP contribution in [0.2, 0.25) is 0 Å². The van der Waals surface area contributed by atoms with Gasteiger partial charge in [-0.1, -0.05) is 13.3 Å². The Kier molecular flexibility index (Phi) is 3.85. The molecule has 0 aromatic rings. The van der Waals surface area contributed by atoms with Gasteiger partial charge in [-0.3, -0.25) is 4.79 Å². The number of carboxylic acid groups (broad SMARTS) is 1. The van der Waals surface area contributed by atoms with Gasteiger partial charge >= 0.3 is 5.97 Å². The molecular formula is C20H32O5. The van der Waals surface area contributed by atoms with Gasteiger partial charge < -0.3 is 20.4 Å². The summed E-state index contributed by atoms with van der Waals surface area (Å²) in [5.74, 6) is -0.263. The first kappa shape index (κ1) is 17.7. The summed E-state index contributed by atoms with van der Waals surface area (Å²) in [5.41, 5.74) is -2.00. The average Bonchev–Trinajstić information content (AvgIpc) is 2.79. The summed E-state index contributed by atoms with van der Waals surface area (Å²) in [5, 5.41) is 40.7. The molecule has 142 valence electrons. The van der Waals surface area contributed by atoms with Gasteiger partial charge in [0.25, 0.3) is 0 Å². The first-order valence-corrected chi connectivity index (χ1v) is 9.94. The van der Waals surface area contributed by atoms with E-state index in [0.29, 0.717) is 18.8 Å². The van der Waals surface area contributed by atoms with E-state index < -0.39 is 17.0 Å². The van der Waals surface area contributed by atoms with E-state index in [-0.39, 0.29) is 35.9 Å². The molecule has 0 radical (unpaired) electrons. The number of rotatable bonds is 3. The van der Waals surface area contributed by atoms with Gasteiger partial charge in [0, 0.05) is 0 Å². The van der Waals surface area contributed by atoms with Crippen LogP contribution in [0.25, 0.3) is 0 Å². The van der Waals surface area contributed by atoms with Crippen molar-refractivity contribution in [2.45, 2.75) is 70.3 Å². The standard InChI is InChI=1S/C20H32O5/c1-17-6-2-7-19(11-21,16(23)24)15(17)5-8-18-9-13(3-4-14(17)18)20(25,10-18)12-22/h13-15,21-22,25H,2-12H2,1H3,(H,23,24)/t13-,14-,15+,17+,18+,19+,20+/m1/s1. The predicted molar refractivity (Wildman–Crippen MR) is 91.8 cm³/mol. The Labute approximate surface area is 149 Å². The predicted octanol–water partition coefficient (Wildman–Crippen LogP) is 2.18. The molecule has 5 heteroatoms. The molecule has 1 spiro atoms. The average molecular weight is 352 g/mol. The smallest absolute Gasteiger partial charge is 0.312 e. The molecule has 0 saturated heterocycles. The molecule has 4 saturated carbocycles. The summed E-state index contributed by atoms with van der Waals surface area (Å²) in [6.07, 6.45) is 7.74. The van der Waals surface area contributed by atoms with Gasteiger partial charge in [-0.05, 0) is 80.0 Å². The Morgan fingerprint density at radius 1 is 1.04 bits per heavy atom. The monoisotopic (exact) mass is 352 g/mol. The van der Waals surface area contributed by atoms with Crippen molar-refractivity contribution in [3.8, 4) is 0 Å². The van der Waals surface area contributed by atoms with Crippen molar-refractivity contribution in [1.82, 2.24) is 0 Å². The fourth-order valence-corrected chi connectivity index (χ4v) is 8.13. The summed E-state index contributed by atoms with van der Waals surface area (Å²) < 4.78 is 0. The van der Waals surface area contributed by atoms with Gasteiger partial charge in [-0.15, -0.1) is 0 Å². The van der Waals surface area contributed by atoms with Gasteiger partial charge in [-0.2, -0.15) is 0 Å². The van der Waals surface area contributed by atoms with Crippen LogP contribution in [-0.2, 0) is 4.79 Å². The van der Waals surface area contributed by atoms with E-state index >= 15 is 0 Å². The lowest BCUT2D eigenvalue weighted by Crippen LogP contribution is -2.60. The highest BCUT2D eigenvalue weighted by Crippen LogP contribution is 2.72. The number of aliphatic hydroxyl groups excluding tert-OH is 2. The SMILES string of the molecule is C[C@@]12CCC[C@@](CO)(C(=O)O)[C@H]1CC[C@@]13C[C@@H](CC[C@@H]12)[C@@](O)(CO)C3. The molecule has 0 unspecified atom stereocenters. The summed E-state index contributed by atoms with van der Waals surface area (Å²) >= 11 is 0. The van der Waals surface area contributed by atoms with E-state index in [4.69, 9.17) is 0 Å². The van der Waals surface area contributed by atoms with Crippen molar-refractivity contribution in [1.29, 1.82) is 0 Å². The van der Waals surface area contributed by atoms with Gasteiger partial charge in [0.15, 0.2) is 0 Å². The number of fused-ring (bicyclic) bond motifs is 3. The third-order valence-electron chi connectivity index (χ3n) is 9.12. The molecule has 0 amide bonds. The fraction of sp³-hybridized carbons (Fsp3) is 0.950. The zero-order chi connectivity index (χ0) is 18.1. The molecule has 0 heterocycles. The number of hydrogen-bond acceptors (Lipinski definition) is 4. The molecule has 7 atom stereocenters. The maximum absolute atomic E-state index is 12.1. The lowest BCUT2D eigenvalue weighted by Gasteiger charge is -2.63. The zero-order valence-corrected chi connectivity index (χ0v) is 15.2. The minimum atomic E-state index is -1.00. The molecule has 4 rings (SSSR count). The molecule has 25 heavy (non-hydrogen) atoms. The van der Waals surface area contributed by atoms with Crippen molar-refractivity contribution < 1.29 is 25.2 Å². The summed E-state index contributed by atoms with van der Waals surface area (Å²) in [4.78, 5) is 12.1. The Hall–Kier alpha value is -0.650. The third kappa shape index (κ3) is 2.09. The Morgan fingerprint density at radius 2 is 1.80 bits per heavy atom. The highest BCUT2D eigenvalue weighted by Gasteiger charge is 2.68. The second-order valence-corrected chi connectivity index (χ2v) is 9.90. The van der Waals surface area contributed by atoms with E-state index in [1.165, 1.54) is 0 Å². The van der Waals surface area contributed by atoms with E-state index in [9.17, 15) is 25.2 Å². The molecule has 4 aliphatic rings. The maximum Gasteiger partial charge on any atom is 0.312 e. The van der Waals surface area contributed by atoms with Gasteiger partial charge in [0.2, 0.25) is 0 Å². The van der Waals surface area contributed by atoms with E-state index in [2.05, 4.69) is 6.92 Å². The van der Waals surface area contributed by atoms with Crippen LogP contribution < -0.4 is 0 Å². The Bertz CT molecular complexity index is 578. The topological polar surface area (TPSA) is 98.0 Å². The van der Waals surface area contributed by atoms with E-state index in [1.54, 1.807) is 0 Å². The Balaban J connectivity index is 1.73. The summed E-state index contributed by atoms with van der Waals surface area (Å²) in [6.45, 7) is 1.82. The summed E-state index contributed by atoms with van der Waals surface area (Å²) in [6, 6.07) is 0. The number of aliphatic carboxylic acids is 1. The second kappa shape index (κ2) is 5.43. The third-order valence-corrected chi connectivity index (χ3v) is 9.12. The molecule has 0 aliphatic heterocycles. The second-order valence-electron chi connectivity index (χ2n) is 9.90. The molecule has 5 nitrogen and oxygen atoms in total. The van der Waals surface area contributed by atoms with E-state index in [0.717, 1.165) is 44.9 Å². The largest absolute Gasteiger partial charge is 0.481 e. The lowest BCUT2D eigenvalue weighted by molar-refractivity contribution is -0.191. The molecule has 4 fully saturated rings. The first-order valence-electron chi connectivity index (χ1n) is 9.94. The van der Waals surface area contributed by atoms with Crippen LogP contribution in [0.5, 0.6) is 0 Å². The van der Waals surface area contributed by atoms with Gasteiger partial charge in [0.05, 0.1) is 24.2 Å². The molecular weight excluding hydrogens is 320 g/mol. The molecule has 4 N–H and O–H groups in total. The van der Waals surface area contributed by atoms with E-state index in [1.807, 2.05) is 0 Å². The molecule has 0 aromatic carbocycles. The normalized spacial score (nSPS) is 54.6. The first-order chi connectivity index (χ1) is 11.8. The van der Waals surface area contributed by atoms with Crippen LogP contribution in [-0.4, -0.2) is 45.2 Å². The van der Waals surface area contributed by atoms with Gasteiger partial charge in [-0.25, -0.2) is 0 Å². The number of carboxylic acids is 1. The molecule has 2 bridgehead atoms. The van der Waals surface area contributed by atoms with Crippen molar-refractivity contribution in [2.24, 2.45) is 34.0 Å². The number of carbonyl (C=O) groups is 1. The maximum atomic E-state index is 12.1. The molecule has 4 aliphatic carbocycles.